The van der Waals surface area contributed by atoms with E-state index in [4.69, 9.17) is 0 Å². The number of aromatic nitrogens is 1. The molecule has 0 radical (unpaired) electrons. The molecule has 0 aliphatic heterocycles. The van der Waals surface area contributed by atoms with Gasteiger partial charge in [0.1, 0.15) is 0 Å². The Morgan fingerprint density at radius 2 is 1.80 bits per heavy atom. The maximum absolute atomic E-state index is 4.38. The number of hydrogen-bond donors (Lipinski definition) is 1. The van der Waals surface area contributed by atoms with Gasteiger partial charge in [-0.1, -0.05) is 12.1 Å². The van der Waals surface area contributed by atoms with Crippen LogP contribution in [0.1, 0.15) is 11.3 Å². The molecular formula is C15H17Br2N3. The summed E-state index contributed by atoms with van der Waals surface area (Å²) in [6.07, 6.45) is 1.81. The van der Waals surface area contributed by atoms with Crippen LogP contribution < -0.4 is 10.2 Å². The topological polar surface area (TPSA) is 28.2 Å². The second-order valence-corrected chi connectivity index (χ2v) is 6.52. The van der Waals surface area contributed by atoms with Crippen LogP contribution in [0.5, 0.6) is 0 Å². The summed E-state index contributed by atoms with van der Waals surface area (Å²) in [5.74, 6) is 0. The highest BCUT2D eigenvalue weighted by Gasteiger charge is 2.02. The second-order valence-electron chi connectivity index (χ2n) is 4.75. The molecule has 1 N–H and O–H groups in total. The van der Waals surface area contributed by atoms with Gasteiger partial charge in [-0.3, -0.25) is 4.98 Å². The largest absolute Gasteiger partial charge is 0.378 e. The number of hydrogen-bond acceptors (Lipinski definition) is 3. The molecule has 1 aromatic heterocycles. The lowest BCUT2D eigenvalue weighted by atomic mass is 10.2. The Bertz CT molecular complexity index is 568. The number of pyridine rings is 1. The van der Waals surface area contributed by atoms with Crippen molar-refractivity contribution in [2.75, 3.05) is 19.0 Å². The normalized spacial score (nSPS) is 10.6. The van der Waals surface area contributed by atoms with Crippen LogP contribution in [0.2, 0.25) is 0 Å². The molecular weight excluding hydrogens is 382 g/mol. The summed E-state index contributed by atoms with van der Waals surface area (Å²) in [5.41, 5.74) is 3.49. The summed E-state index contributed by atoms with van der Waals surface area (Å²) in [6, 6.07) is 10.6. The molecule has 0 aliphatic carbocycles. The van der Waals surface area contributed by atoms with Gasteiger partial charge >= 0.3 is 0 Å². The molecule has 106 valence electrons. The van der Waals surface area contributed by atoms with Crippen LogP contribution in [0.15, 0.2) is 45.5 Å². The average molecular weight is 399 g/mol. The average Bonchev–Trinajstić information content (AvgIpc) is 2.42. The van der Waals surface area contributed by atoms with Crippen molar-refractivity contribution in [3.05, 3.63) is 56.7 Å². The third-order valence-corrected chi connectivity index (χ3v) is 4.08. The van der Waals surface area contributed by atoms with Crippen molar-refractivity contribution >= 4 is 37.5 Å². The van der Waals surface area contributed by atoms with Gasteiger partial charge in [0.15, 0.2) is 0 Å². The van der Waals surface area contributed by atoms with Gasteiger partial charge in [-0.25, -0.2) is 0 Å². The van der Waals surface area contributed by atoms with Gasteiger partial charge < -0.3 is 10.2 Å². The van der Waals surface area contributed by atoms with Gasteiger partial charge in [0.05, 0.1) is 5.69 Å². The molecule has 0 unspecified atom stereocenters. The van der Waals surface area contributed by atoms with Gasteiger partial charge in [0.25, 0.3) is 0 Å². The van der Waals surface area contributed by atoms with Gasteiger partial charge in [-0.2, -0.15) is 0 Å². The minimum atomic E-state index is 0.739. The molecule has 2 rings (SSSR count). The fraction of sp³-hybridized carbons (Fsp3) is 0.267. The molecule has 0 saturated heterocycles. The Morgan fingerprint density at radius 1 is 1.10 bits per heavy atom. The molecule has 0 amide bonds. The first-order valence-electron chi connectivity index (χ1n) is 6.33. The zero-order valence-electron chi connectivity index (χ0n) is 11.5. The Kier molecular flexibility index (Phi) is 5.57. The van der Waals surface area contributed by atoms with Crippen molar-refractivity contribution < 1.29 is 0 Å². The molecule has 0 atom stereocenters. The highest BCUT2D eigenvalue weighted by molar-refractivity contribution is 9.11. The Hall–Kier alpha value is -0.910. The molecule has 0 bridgehead atoms. The van der Waals surface area contributed by atoms with Crippen molar-refractivity contribution in [2.45, 2.75) is 13.1 Å². The third kappa shape index (κ3) is 4.30. The van der Waals surface area contributed by atoms with E-state index in [9.17, 15) is 0 Å². The van der Waals surface area contributed by atoms with E-state index in [1.165, 1.54) is 11.3 Å². The summed E-state index contributed by atoms with van der Waals surface area (Å²) in [7, 11) is 4.09. The smallest absolute Gasteiger partial charge is 0.0684 e. The predicted molar refractivity (Wildman–Crippen MR) is 90.9 cm³/mol. The van der Waals surface area contributed by atoms with E-state index in [-0.39, 0.29) is 0 Å². The van der Waals surface area contributed by atoms with E-state index in [2.05, 4.69) is 71.3 Å². The first-order valence-corrected chi connectivity index (χ1v) is 7.92. The van der Waals surface area contributed by atoms with Crippen LogP contribution in [-0.4, -0.2) is 19.1 Å². The monoisotopic (exact) mass is 397 g/mol. The SMILES string of the molecule is CN(C)c1ccc(CNCc2ncc(Br)cc2Br)cc1. The molecule has 0 fully saturated rings. The fourth-order valence-corrected chi connectivity index (χ4v) is 2.94. The number of anilines is 1. The van der Waals surface area contributed by atoms with Gasteiger partial charge in [-0.05, 0) is 55.6 Å². The zero-order valence-corrected chi connectivity index (χ0v) is 14.7. The highest BCUT2D eigenvalue weighted by atomic mass is 79.9. The van der Waals surface area contributed by atoms with E-state index in [1.807, 2.05) is 26.4 Å². The lowest BCUT2D eigenvalue weighted by molar-refractivity contribution is 0.677. The summed E-state index contributed by atoms with van der Waals surface area (Å²) >= 11 is 6.92. The number of nitrogens with zero attached hydrogens (tertiary/aromatic N) is 2. The van der Waals surface area contributed by atoms with Crippen LogP contribution in [0.4, 0.5) is 5.69 Å². The maximum Gasteiger partial charge on any atom is 0.0684 e. The van der Waals surface area contributed by atoms with Gasteiger partial charge in [-0.15, -0.1) is 0 Å². The van der Waals surface area contributed by atoms with E-state index in [0.717, 1.165) is 27.7 Å². The first-order chi connectivity index (χ1) is 9.56. The van der Waals surface area contributed by atoms with Crippen LogP contribution in [0.25, 0.3) is 0 Å². The van der Waals surface area contributed by atoms with E-state index < -0.39 is 0 Å². The summed E-state index contributed by atoms with van der Waals surface area (Å²) in [5, 5.41) is 3.41. The van der Waals surface area contributed by atoms with Crippen molar-refractivity contribution in [1.29, 1.82) is 0 Å². The predicted octanol–water partition coefficient (Wildman–Crippen LogP) is 3.96. The van der Waals surface area contributed by atoms with Crippen molar-refractivity contribution in [2.24, 2.45) is 0 Å². The van der Waals surface area contributed by atoms with Crippen LogP contribution in [0.3, 0.4) is 0 Å². The number of halogens is 2. The standard InChI is InChI=1S/C15H17Br2N3/c1-20(2)13-5-3-11(4-6-13)8-18-10-15-14(17)7-12(16)9-19-15/h3-7,9,18H,8,10H2,1-2H3. The Balaban J connectivity index is 1.89. The summed E-state index contributed by atoms with van der Waals surface area (Å²) in [6.45, 7) is 1.57. The summed E-state index contributed by atoms with van der Waals surface area (Å²) in [4.78, 5) is 6.48. The second kappa shape index (κ2) is 7.20. The van der Waals surface area contributed by atoms with Crippen molar-refractivity contribution in [3.63, 3.8) is 0 Å². The van der Waals surface area contributed by atoms with Crippen LogP contribution in [0, 0.1) is 0 Å². The Labute approximate surface area is 136 Å². The quantitative estimate of drug-likeness (QED) is 0.825. The molecule has 1 heterocycles. The van der Waals surface area contributed by atoms with E-state index >= 15 is 0 Å². The third-order valence-electron chi connectivity index (χ3n) is 2.96. The molecule has 0 spiro atoms. The minimum Gasteiger partial charge on any atom is -0.378 e. The van der Waals surface area contributed by atoms with Crippen molar-refractivity contribution in [3.8, 4) is 0 Å². The molecule has 2 aromatic rings. The number of benzene rings is 1. The molecule has 5 heteroatoms. The van der Waals surface area contributed by atoms with E-state index in [1.54, 1.807) is 0 Å². The molecule has 0 aliphatic rings. The van der Waals surface area contributed by atoms with Crippen molar-refractivity contribution in [1.82, 2.24) is 10.3 Å². The lowest BCUT2D eigenvalue weighted by Gasteiger charge is -2.13. The van der Waals surface area contributed by atoms with Crippen LogP contribution in [-0.2, 0) is 13.1 Å². The summed E-state index contributed by atoms with van der Waals surface area (Å²) < 4.78 is 2.00. The highest BCUT2D eigenvalue weighted by Crippen LogP contribution is 2.19. The molecule has 0 saturated carbocycles. The minimum absolute atomic E-state index is 0.739. The zero-order chi connectivity index (χ0) is 14.5. The van der Waals surface area contributed by atoms with Gasteiger partial charge in [0.2, 0.25) is 0 Å². The van der Waals surface area contributed by atoms with Crippen LogP contribution >= 0.6 is 31.9 Å². The molecule has 1 aromatic carbocycles. The Morgan fingerprint density at radius 3 is 2.40 bits per heavy atom. The van der Waals surface area contributed by atoms with E-state index in [0.29, 0.717) is 0 Å². The fourth-order valence-electron chi connectivity index (χ4n) is 1.81. The molecule has 20 heavy (non-hydrogen) atoms. The first kappa shape index (κ1) is 15.5. The maximum atomic E-state index is 4.38. The molecule has 3 nitrogen and oxygen atoms in total. The number of rotatable bonds is 5. The number of nitrogens with one attached hydrogen (secondary N) is 1. The lowest BCUT2D eigenvalue weighted by Crippen LogP contribution is -2.14. The van der Waals surface area contributed by atoms with Gasteiger partial charge in [0, 0.05) is 48.0 Å².